The zero-order chi connectivity index (χ0) is 9.61. The minimum Gasteiger partial charge on any atom is -0.387 e. The minimum absolute atomic E-state index is 0.351. The van der Waals surface area contributed by atoms with Gasteiger partial charge in [0.1, 0.15) is 0 Å². The molecule has 0 aromatic heterocycles. The number of hydrogen-bond acceptors (Lipinski definition) is 2. The summed E-state index contributed by atoms with van der Waals surface area (Å²) in [6.07, 6.45) is 2.02. The molecule has 1 unspecified atom stereocenters. The van der Waals surface area contributed by atoms with Gasteiger partial charge in [0, 0.05) is 6.61 Å². The van der Waals surface area contributed by atoms with Crippen LogP contribution in [0.1, 0.15) is 40.5 Å². The molecule has 0 bridgehead atoms. The van der Waals surface area contributed by atoms with E-state index in [0.717, 1.165) is 12.8 Å². The Bertz CT molecular complexity index is 106. The summed E-state index contributed by atoms with van der Waals surface area (Å²) in [5, 5.41) is 9.98. The topological polar surface area (TPSA) is 29.5 Å². The highest BCUT2D eigenvalue weighted by Gasteiger charge is 2.28. The van der Waals surface area contributed by atoms with Gasteiger partial charge in [0.15, 0.2) is 0 Å². The van der Waals surface area contributed by atoms with Crippen molar-refractivity contribution in [2.75, 3.05) is 13.2 Å². The van der Waals surface area contributed by atoms with Crippen molar-refractivity contribution in [3.63, 3.8) is 0 Å². The summed E-state index contributed by atoms with van der Waals surface area (Å²) in [7, 11) is 0. The van der Waals surface area contributed by atoms with E-state index in [1.165, 1.54) is 0 Å². The normalized spacial score (nSPS) is 16.5. The van der Waals surface area contributed by atoms with Crippen LogP contribution >= 0.6 is 0 Å². The molecule has 0 aliphatic heterocycles. The van der Waals surface area contributed by atoms with Gasteiger partial charge in [0.2, 0.25) is 0 Å². The zero-order valence-electron chi connectivity index (χ0n) is 8.76. The fraction of sp³-hybridized carbons (Fsp3) is 1.00. The highest BCUT2D eigenvalue weighted by molar-refractivity contribution is 4.79. The zero-order valence-corrected chi connectivity index (χ0v) is 8.76. The summed E-state index contributed by atoms with van der Waals surface area (Å²) in [5.41, 5.74) is -0.653. The molecule has 1 atom stereocenters. The molecule has 1 N–H and O–H groups in total. The summed E-state index contributed by atoms with van der Waals surface area (Å²) in [5.74, 6) is 0.351. The molecule has 74 valence electrons. The van der Waals surface area contributed by atoms with Crippen molar-refractivity contribution in [1.29, 1.82) is 0 Å². The molecule has 2 heteroatoms. The molecule has 0 radical (unpaired) electrons. The van der Waals surface area contributed by atoms with E-state index in [0.29, 0.717) is 19.1 Å². The smallest absolute Gasteiger partial charge is 0.0879 e. The van der Waals surface area contributed by atoms with Crippen molar-refractivity contribution in [3.8, 4) is 0 Å². The van der Waals surface area contributed by atoms with Gasteiger partial charge in [0.05, 0.1) is 12.2 Å². The van der Waals surface area contributed by atoms with E-state index < -0.39 is 5.60 Å². The van der Waals surface area contributed by atoms with Crippen molar-refractivity contribution in [3.05, 3.63) is 0 Å². The molecule has 0 saturated carbocycles. The van der Waals surface area contributed by atoms with Crippen LogP contribution in [0.2, 0.25) is 0 Å². The summed E-state index contributed by atoms with van der Waals surface area (Å²) >= 11 is 0. The van der Waals surface area contributed by atoms with Gasteiger partial charge in [-0.1, -0.05) is 26.7 Å². The maximum absolute atomic E-state index is 9.98. The second kappa shape index (κ2) is 5.55. The number of aliphatic hydroxyl groups is 1. The number of rotatable bonds is 6. The van der Waals surface area contributed by atoms with Crippen LogP contribution in [0.5, 0.6) is 0 Å². The maximum atomic E-state index is 9.98. The molecule has 0 saturated heterocycles. The second-order valence-electron chi connectivity index (χ2n) is 3.51. The van der Waals surface area contributed by atoms with Gasteiger partial charge in [-0.15, -0.1) is 0 Å². The van der Waals surface area contributed by atoms with Crippen molar-refractivity contribution in [2.45, 2.75) is 46.1 Å². The Balaban J connectivity index is 3.96. The molecular formula is C10H22O2. The first-order valence-electron chi connectivity index (χ1n) is 4.88. The van der Waals surface area contributed by atoms with E-state index in [1.807, 2.05) is 13.8 Å². The first kappa shape index (κ1) is 11.9. The lowest BCUT2D eigenvalue weighted by atomic mass is 9.86. The van der Waals surface area contributed by atoms with E-state index in [-0.39, 0.29) is 0 Å². The average molecular weight is 174 g/mol. The Hall–Kier alpha value is -0.0800. The molecule has 0 aromatic carbocycles. The molecule has 0 aliphatic carbocycles. The van der Waals surface area contributed by atoms with Gasteiger partial charge in [0.25, 0.3) is 0 Å². The van der Waals surface area contributed by atoms with Crippen molar-refractivity contribution < 1.29 is 9.84 Å². The first-order chi connectivity index (χ1) is 5.58. The molecular weight excluding hydrogens is 152 g/mol. The third kappa shape index (κ3) is 3.55. The number of hydrogen-bond donors (Lipinski definition) is 1. The Morgan fingerprint density at radius 3 is 2.08 bits per heavy atom. The van der Waals surface area contributed by atoms with Crippen LogP contribution in [-0.4, -0.2) is 23.9 Å². The van der Waals surface area contributed by atoms with Crippen LogP contribution in [0, 0.1) is 5.92 Å². The van der Waals surface area contributed by atoms with E-state index in [4.69, 9.17) is 4.74 Å². The van der Waals surface area contributed by atoms with Crippen LogP contribution in [0.3, 0.4) is 0 Å². The fourth-order valence-corrected chi connectivity index (χ4v) is 1.59. The predicted molar refractivity (Wildman–Crippen MR) is 51.2 cm³/mol. The molecule has 0 amide bonds. The quantitative estimate of drug-likeness (QED) is 0.669. The molecule has 2 nitrogen and oxygen atoms in total. The Kier molecular flexibility index (Phi) is 5.51. The lowest BCUT2D eigenvalue weighted by molar-refractivity contribution is -0.0718. The van der Waals surface area contributed by atoms with E-state index in [2.05, 4.69) is 13.8 Å². The van der Waals surface area contributed by atoms with E-state index in [1.54, 1.807) is 0 Å². The molecule has 0 spiro atoms. The Morgan fingerprint density at radius 1 is 1.25 bits per heavy atom. The third-order valence-corrected chi connectivity index (χ3v) is 2.46. The number of ether oxygens (including phenoxy) is 1. The Labute approximate surface area is 75.9 Å². The fourth-order valence-electron chi connectivity index (χ4n) is 1.59. The monoisotopic (exact) mass is 174 g/mol. The van der Waals surface area contributed by atoms with Crippen LogP contribution in [0.15, 0.2) is 0 Å². The predicted octanol–water partition coefficient (Wildman–Crippen LogP) is 2.21. The SMILES string of the molecule is CCOCC(C)(O)C(CC)CC. The first-order valence-corrected chi connectivity index (χ1v) is 4.88. The summed E-state index contributed by atoms with van der Waals surface area (Å²) in [4.78, 5) is 0. The molecule has 0 heterocycles. The highest BCUT2D eigenvalue weighted by atomic mass is 16.5. The van der Waals surface area contributed by atoms with Crippen LogP contribution in [0.4, 0.5) is 0 Å². The highest BCUT2D eigenvalue weighted by Crippen LogP contribution is 2.23. The van der Waals surface area contributed by atoms with Gasteiger partial charge in [-0.2, -0.15) is 0 Å². The molecule has 12 heavy (non-hydrogen) atoms. The maximum Gasteiger partial charge on any atom is 0.0879 e. The molecule has 0 rings (SSSR count). The second-order valence-corrected chi connectivity index (χ2v) is 3.51. The third-order valence-electron chi connectivity index (χ3n) is 2.46. The van der Waals surface area contributed by atoms with Crippen molar-refractivity contribution in [2.24, 2.45) is 5.92 Å². The van der Waals surface area contributed by atoms with E-state index in [9.17, 15) is 5.11 Å². The van der Waals surface area contributed by atoms with Gasteiger partial charge in [-0.25, -0.2) is 0 Å². The lowest BCUT2D eigenvalue weighted by Crippen LogP contribution is -2.38. The van der Waals surface area contributed by atoms with Crippen molar-refractivity contribution >= 4 is 0 Å². The van der Waals surface area contributed by atoms with Gasteiger partial charge >= 0.3 is 0 Å². The largest absolute Gasteiger partial charge is 0.387 e. The van der Waals surface area contributed by atoms with Gasteiger partial charge in [-0.3, -0.25) is 0 Å². The van der Waals surface area contributed by atoms with Gasteiger partial charge in [-0.05, 0) is 19.8 Å². The van der Waals surface area contributed by atoms with Crippen LogP contribution in [0.25, 0.3) is 0 Å². The Morgan fingerprint density at radius 2 is 1.75 bits per heavy atom. The summed E-state index contributed by atoms with van der Waals surface area (Å²) in [6.45, 7) is 9.15. The van der Waals surface area contributed by atoms with Crippen LogP contribution < -0.4 is 0 Å². The van der Waals surface area contributed by atoms with E-state index >= 15 is 0 Å². The van der Waals surface area contributed by atoms with Crippen LogP contribution in [-0.2, 0) is 4.74 Å². The molecule has 0 aliphatic rings. The summed E-state index contributed by atoms with van der Waals surface area (Å²) < 4.78 is 5.23. The van der Waals surface area contributed by atoms with Gasteiger partial charge < -0.3 is 9.84 Å². The summed E-state index contributed by atoms with van der Waals surface area (Å²) in [6, 6.07) is 0. The standard InChI is InChI=1S/C10H22O2/c1-5-9(6-2)10(4,11)8-12-7-3/h9,11H,5-8H2,1-4H3. The molecule has 0 aromatic rings. The van der Waals surface area contributed by atoms with Crippen molar-refractivity contribution in [1.82, 2.24) is 0 Å². The average Bonchev–Trinajstić information content (AvgIpc) is 2.03. The minimum atomic E-state index is -0.653. The molecule has 0 fully saturated rings. The lowest BCUT2D eigenvalue weighted by Gasteiger charge is -2.31.